The Kier molecular flexibility index (Phi) is 11.8. The first-order valence-electron chi connectivity index (χ1n) is 17.6. The Morgan fingerprint density at radius 2 is 1.62 bits per heavy atom. The average molecular weight is 649 g/mol. The molecule has 0 aliphatic carbocycles. The van der Waals surface area contributed by atoms with Crippen molar-refractivity contribution < 1.29 is 38.0 Å². The van der Waals surface area contributed by atoms with Crippen molar-refractivity contribution in [1.82, 2.24) is 0 Å². The van der Waals surface area contributed by atoms with E-state index in [0.29, 0.717) is 32.7 Å². The van der Waals surface area contributed by atoms with E-state index in [4.69, 9.17) is 33.2 Å². The van der Waals surface area contributed by atoms with Gasteiger partial charge in [-0.05, 0) is 63.0 Å². The van der Waals surface area contributed by atoms with Crippen molar-refractivity contribution in [3.63, 3.8) is 0 Å². The number of benzene rings is 2. The zero-order valence-corrected chi connectivity index (χ0v) is 28.0. The topological polar surface area (TPSA) is 81.7 Å². The van der Waals surface area contributed by atoms with E-state index < -0.39 is 5.60 Å². The third-order valence-electron chi connectivity index (χ3n) is 10.3. The maximum absolute atomic E-state index is 11.9. The Morgan fingerprint density at radius 1 is 0.894 bits per heavy atom. The van der Waals surface area contributed by atoms with Gasteiger partial charge in [0.15, 0.2) is 0 Å². The third-order valence-corrected chi connectivity index (χ3v) is 10.3. The molecule has 4 aliphatic rings. The number of fused-ring (bicyclic) bond motifs is 3. The van der Waals surface area contributed by atoms with E-state index in [1.54, 1.807) is 0 Å². The Labute approximate surface area is 280 Å². The second-order valence-electron chi connectivity index (χ2n) is 13.8. The first-order chi connectivity index (χ1) is 22.9. The molecule has 0 bridgehead atoms. The molecule has 0 N–H and O–H groups in total. The van der Waals surface area contributed by atoms with Gasteiger partial charge in [0.05, 0.1) is 61.5 Å². The first kappa shape index (κ1) is 34.3. The molecule has 4 heterocycles. The zero-order chi connectivity index (χ0) is 32.6. The maximum Gasteiger partial charge on any atom is 0.302 e. The van der Waals surface area contributed by atoms with Gasteiger partial charge in [-0.2, -0.15) is 0 Å². The molecule has 0 spiro atoms. The van der Waals surface area contributed by atoms with Crippen LogP contribution in [0.15, 0.2) is 73.3 Å². The quantitative estimate of drug-likeness (QED) is 0.140. The summed E-state index contributed by atoms with van der Waals surface area (Å²) < 4.78 is 45.7. The van der Waals surface area contributed by atoms with Crippen LogP contribution in [0.2, 0.25) is 0 Å². The van der Waals surface area contributed by atoms with Crippen molar-refractivity contribution in [3.05, 3.63) is 84.4 Å². The van der Waals surface area contributed by atoms with Crippen molar-refractivity contribution in [2.24, 2.45) is 0 Å². The van der Waals surface area contributed by atoms with E-state index in [0.717, 1.165) is 50.5 Å². The molecule has 8 nitrogen and oxygen atoms in total. The summed E-state index contributed by atoms with van der Waals surface area (Å²) in [5, 5.41) is 0. The van der Waals surface area contributed by atoms with E-state index in [1.165, 1.54) is 12.5 Å². The Hall–Kier alpha value is -2.59. The fourth-order valence-corrected chi connectivity index (χ4v) is 7.79. The van der Waals surface area contributed by atoms with Gasteiger partial charge in [0, 0.05) is 26.4 Å². The monoisotopic (exact) mass is 648 g/mol. The summed E-state index contributed by atoms with van der Waals surface area (Å²) in [5.41, 5.74) is 1.84. The molecular formula is C39H52O8. The fraction of sp³-hybridized carbons (Fsp3) is 0.615. The van der Waals surface area contributed by atoms with Crippen molar-refractivity contribution in [3.8, 4) is 0 Å². The molecule has 0 amide bonds. The molecule has 10 atom stereocenters. The van der Waals surface area contributed by atoms with Gasteiger partial charge in [0.25, 0.3) is 0 Å². The molecule has 2 aromatic rings. The number of hydrogen-bond donors (Lipinski definition) is 0. The summed E-state index contributed by atoms with van der Waals surface area (Å²) in [7, 11) is 0. The van der Waals surface area contributed by atoms with Gasteiger partial charge in [0.2, 0.25) is 0 Å². The van der Waals surface area contributed by atoms with Crippen molar-refractivity contribution in [1.29, 1.82) is 0 Å². The van der Waals surface area contributed by atoms with Crippen LogP contribution in [0.4, 0.5) is 0 Å². The number of carbonyl (C=O) groups is 1. The van der Waals surface area contributed by atoms with Gasteiger partial charge in [-0.15, -0.1) is 6.58 Å². The minimum Gasteiger partial charge on any atom is -0.460 e. The Bertz CT molecular complexity index is 1270. The average Bonchev–Trinajstić information content (AvgIpc) is 3.31. The van der Waals surface area contributed by atoms with Gasteiger partial charge in [-0.1, -0.05) is 66.7 Å². The highest BCUT2D eigenvalue weighted by Crippen LogP contribution is 2.46. The number of rotatable bonds is 12. The molecule has 4 fully saturated rings. The molecule has 0 saturated carbocycles. The molecule has 4 aliphatic heterocycles. The van der Waals surface area contributed by atoms with Crippen LogP contribution >= 0.6 is 0 Å². The fourth-order valence-electron chi connectivity index (χ4n) is 7.79. The van der Waals surface area contributed by atoms with E-state index in [9.17, 15) is 4.79 Å². The predicted molar refractivity (Wildman–Crippen MR) is 178 cm³/mol. The SMILES string of the molecule is C=CCC1O[C@H]2CC[C@@]3(C)O[C@H]4[C@@H](OCc5ccccc5)C[C@@H](CCCOCc5ccccc5)O[C@@H]4C[C@@H]3O[C@@H]2CCC1OC(C)=O. The minimum atomic E-state index is -0.490. The van der Waals surface area contributed by atoms with Crippen LogP contribution in [0, 0.1) is 0 Å². The minimum absolute atomic E-state index is 0.0502. The lowest BCUT2D eigenvalue weighted by molar-refractivity contribution is -0.298. The normalized spacial score (nSPS) is 35.3. The highest BCUT2D eigenvalue weighted by atomic mass is 16.6. The first-order valence-corrected chi connectivity index (χ1v) is 17.6. The van der Waals surface area contributed by atoms with Gasteiger partial charge in [-0.3, -0.25) is 4.79 Å². The molecule has 256 valence electrons. The highest BCUT2D eigenvalue weighted by molar-refractivity contribution is 5.66. The van der Waals surface area contributed by atoms with Crippen LogP contribution in [0.1, 0.15) is 82.8 Å². The lowest BCUT2D eigenvalue weighted by Crippen LogP contribution is -2.62. The number of esters is 1. The molecule has 4 saturated heterocycles. The van der Waals surface area contributed by atoms with Crippen molar-refractivity contribution >= 4 is 5.97 Å². The number of ether oxygens (including phenoxy) is 7. The molecule has 2 unspecified atom stereocenters. The predicted octanol–water partition coefficient (Wildman–Crippen LogP) is 6.88. The molecule has 2 aromatic carbocycles. The van der Waals surface area contributed by atoms with Crippen LogP contribution in [0.5, 0.6) is 0 Å². The molecule has 47 heavy (non-hydrogen) atoms. The molecule has 8 heteroatoms. The molecule has 6 rings (SSSR count). The summed E-state index contributed by atoms with van der Waals surface area (Å²) in [5.74, 6) is -0.286. The summed E-state index contributed by atoms with van der Waals surface area (Å²) in [6.07, 6.45) is 7.58. The Balaban J connectivity index is 1.12. The lowest BCUT2D eigenvalue weighted by atomic mass is 9.81. The van der Waals surface area contributed by atoms with Gasteiger partial charge >= 0.3 is 5.97 Å². The second kappa shape index (κ2) is 16.2. The summed E-state index contributed by atoms with van der Waals surface area (Å²) in [4.78, 5) is 11.9. The van der Waals surface area contributed by atoms with Crippen LogP contribution in [0.3, 0.4) is 0 Å². The third kappa shape index (κ3) is 8.91. The van der Waals surface area contributed by atoms with E-state index in [2.05, 4.69) is 37.8 Å². The van der Waals surface area contributed by atoms with E-state index in [1.807, 2.05) is 42.5 Å². The van der Waals surface area contributed by atoms with Crippen LogP contribution in [-0.2, 0) is 51.2 Å². The Morgan fingerprint density at radius 3 is 2.34 bits per heavy atom. The van der Waals surface area contributed by atoms with E-state index >= 15 is 0 Å². The smallest absolute Gasteiger partial charge is 0.302 e. The standard InChI is InChI=1S/C39H52O8/c1-4-12-31-32(43-27(2)40)18-19-33-34(45-31)20-21-39(3)37(46-33)24-36-38(47-39)35(42-26-29-15-9-6-10-16-29)23-30(44-36)17-11-22-41-25-28-13-7-5-8-14-28/h4-10,13-16,30-38H,1,11-12,17-26H2,2-3H3/t30-,31?,32?,33-,34+,35+,36-,37+,38+,39-/m1/s1. The molecule has 0 aromatic heterocycles. The number of carbonyl (C=O) groups excluding carboxylic acids is 1. The highest BCUT2D eigenvalue weighted by Gasteiger charge is 2.55. The summed E-state index contributed by atoms with van der Waals surface area (Å²) in [6.45, 7) is 9.40. The van der Waals surface area contributed by atoms with Gasteiger partial charge in [0.1, 0.15) is 12.2 Å². The van der Waals surface area contributed by atoms with E-state index in [-0.39, 0.29) is 60.9 Å². The van der Waals surface area contributed by atoms with Crippen molar-refractivity contribution in [2.45, 2.75) is 145 Å². The number of hydrogen-bond acceptors (Lipinski definition) is 8. The molecule has 0 radical (unpaired) electrons. The zero-order valence-electron chi connectivity index (χ0n) is 28.0. The molecular weight excluding hydrogens is 596 g/mol. The lowest BCUT2D eigenvalue weighted by Gasteiger charge is -2.52. The summed E-state index contributed by atoms with van der Waals surface area (Å²) >= 11 is 0. The summed E-state index contributed by atoms with van der Waals surface area (Å²) in [6, 6.07) is 20.6. The van der Waals surface area contributed by atoms with Crippen LogP contribution in [-0.4, -0.2) is 73.1 Å². The van der Waals surface area contributed by atoms with Crippen LogP contribution in [0.25, 0.3) is 0 Å². The van der Waals surface area contributed by atoms with Crippen molar-refractivity contribution in [2.75, 3.05) is 6.61 Å². The second-order valence-corrected chi connectivity index (χ2v) is 13.8. The van der Waals surface area contributed by atoms with Gasteiger partial charge in [-0.25, -0.2) is 0 Å². The largest absolute Gasteiger partial charge is 0.460 e. The van der Waals surface area contributed by atoms with Crippen LogP contribution < -0.4 is 0 Å². The van der Waals surface area contributed by atoms with Gasteiger partial charge < -0.3 is 33.2 Å². The maximum atomic E-state index is 11.9.